The Morgan fingerprint density at radius 2 is 1.24 bits per heavy atom. The van der Waals surface area contributed by atoms with Crippen LogP contribution in [0.5, 0.6) is 0 Å². The first-order valence-corrected chi connectivity index (χ1v) is 8.37. The molecule has 0 heterocycles. The number of hydrogen-bond donors (Lipinski definition) is 2. The van der Waals surface area contributed by atoms with Crippen LogP contribution < -0.4 is 0 Å². The molecule has 0 amide bonds. The number of likely N-dealkylation sites (N-methyl/N-ethyl adjacent to an activating group) is 1. The summed E-state index contributed by atoms with van der Waals surface area (Å²) in [5.74, 6) is 0. The number of nitrogens with zero attached hydrogens (tertiary/aromatic N) is 1. The number of aliphatic hydroxyl groups is 2. The standard InChI is InChI=1S/C16H35NO4/c1-4-7-9-20-13-15(18)11-17(6-3)12-16(19)14-21-10-8-5-2/h15-16,18-19H,4-14H2,1-3H3. The van der Waals surface area contributed by atoms with E-state index in [1.165, 1.54) is 0 Å². The van der Waals surface area contributed by atoms with Crippen LogP contribution in [0.3, 0.4) is 0 Å². The molecule has 0 radical (unpaired) electrons. The van der Waals surface area contributed by atoms with E-state index < -0.39 is 12.2 Å². The molecule has 0 aliphatic heterocycles. The van der Waals surface area contributed by atoms with Crippen LogP contribution in [-0.4, -0.2) is 73.4 Å². The zero-order valence-corrected chi connectivity index (χ0v) is 14.1. The number of hydrogen-bond acceptors (Lipinski definition) is 5. The Morgan fingerprint density at radius 3 is 1.57 bits per heavy atom. The Kier molecular flexibility index (Phi) is 14.6. The fourth-order valence-electron chi connectivity index (χ4n) is 1.97. The lowest BCUT2D eigenvalue weighted by Crippen LogP contribution is -2.40. The number of ether oxygens (including phenoxy) is 2. The van der Waals surface area contributed by atoms with E-state index >= 15 is 0 Å². The quantitative estimate of drug-likeness (QED) is 0.451. The molecule has 21 heavy (non-hydrogen) atoms. The van der Waals surface area contributed by atoms with Crippen molar-refractivity contribution in [2.75, 3.05) is 46.1 Å². The van der Waals surface area contributed by atoms with Crippen LogP contribution in [0.1, 0.15) is 46.5 Å². The van der Waals surface area contributed by atoms with Crippen LogP contribution in [0.4, 0.5) is 0 Å². The molecule has 2 N–H and O–H groups in total. The van der Waals surface area contributed by atoms with Gasteiger partial charge in [-0.15, -0.1) is 0 Å². The second-order valence-corrected chi connectivity index (χ2v) is 5.52. The van der Waals surface area contributed by atoms with E-state index in [2.05, 4.69) is 13.8 Å². The molecule has 0 fully saturated rings. The van der Waals surface area contributed by atoms with E-state index in [1.54, 1.807) is 0 Å². The van der Waals surface area contributed by atoms with Crippen molar-refractivity contribution in [1.29, 1.82) is 0 Å². The Labute approximate surface area is 130 Å². The lowest BCUT2D eigenvalue weighted by atomic mass is 10.3. The van der Waals surface area contributed by atoms with Gasteiger partial charge in [-0.3, -0.25) is 4.90 Å². The molecule has 128 valence electrons. The fourth-order valence-corrected chi connectivity index (χ4v) is 1.97. The average Bonchev–Trinajstić information content (AvgIpc) is 2.47. The van der Waals surface area contributed by atoms with Gasteiger partial charge in [-0.05, 0) is 19.4 Å². The highest BCUT2D eigenvalue weighted by Crippen LogP contribution is 1.99. The van der Waals surface area contributed by atoms with Crippen LogP contribution in [0, 0.1) is 0 Å². The van der Waals surface area contributed by atoms with Gasteiger partial charge in [0.15, 0.2) is 0 Å². The molecule has 0 aliphatic rings. The molecule has 0 aromatic rings. The zero-order chi connectivity index (χ0) is 15.9. The SMILES string of the molecule is CCCCOCC(O)CN(CC)CC(O)COCCCC. The number of aliphatic hydroxyl groups excluding tert-OH is 2. The van der Waals surface area contributed by atoms with Gasteiger partial charge in [0.1, 0.15) is 0 Å². The van der Waals surface area contributed by atoms with E-state index in [-0.39, 0.29) is 0 Å². The third kappa shape index (κ3) is 13.2. The van der Waals surface area contributed by atoms with Crippen molar-refractivity contribution in [3.63, 3.8) is 0 Å². The van der Waals surface area contributed by atoms with Crippen LogP contribution >= 0.6 is 0 Å². The minimum Gasteiger partial charge on any atom is -0.389 e. The second kappa shape index (κ2) is 14.7. The smallest absolute Gasteiger partial charge is 0.0900 e. The van der Waals surface area contributed by atoms with E-state index in [9.17, 15) is 10.2 Å². The minimum atomic E-state index is -0.505. The Balaban J connectivity index is 3.76. The maximum Gasteiger partial charge on any atom is 0.0900 e. The third-order valence-electron chi connectivity index (χ3n) is 3.29. The molecular formula is C16H35NO4. The van der Waals surface area contributed by atoms with Gasteiger partial charge in [-0.2, -0.15) is 0 Å². The minimum absolute atomic E-state index is 0.361. The molecule has 0 spiro atoms. The van der Waals surface area contributed by atoms with Gasteiger partial charge in [0.2, 0.25) is 0 Å². The van der Waals surface area contributed by atoms with Crippen molar-refractivity contribution in [3.05, 3.63) is 0 Å². The van der Waals surface area contributed by atoms with Crippen molar-refractivity contribution < 1.29 is 19.7 Å². The number of unbranched alkanes of at least 4 members (excludes halogenated alkanes) is 2. The monoisotopic (exact) mass is 305 g/mol. The summed E-state index contributed by atoms with van der Waals surface area (Å²) >= 11 is 0. The highest BCUT2D eigenvalue weighted by molar-refractivity contribution is 4.67. The molecule has 0 saturated heterocycles. The van der Waals surface area contributed by atoms with Crippen LogP contribution in [0.2, 0.25) is 0 Å². The molecule has 0 aromatic heterocycles. The predicted octanol–water partition coefficient (Wildman–Crippen LogP) is 1.66. The maximum atomic E-state index is 9.93. The van der Waals surface area contributed by atoms with Gasteiger partial charge in [-0.1, -0.05) is 33.6 Å². The normalized spacial score (nSPS) is 14.6. The van der Waals surface area contributed by atoms with Gasteiger partial charge in [0.05, 0.1) is 25.4 Å². The summed E-state index contributed by atoms with van der Waals surface area (Å²) in [6.45, 7) is 10.2. The fraction of sp³-hybridized carbons (Fsp3) is 1.00. The van der Waals surface area contributed by atoms with Gasteiger partial charge >= 0.3 is 0 Å². The lowest BCUT2D eigenvalue weighted by Gasteiger charge is -2.26. The average molecular weight is 305 g/mol. The predicted molar refractivity (Wildman–Crippen MR) is 85.6 cm³/mol. The third-order valence-corrected chi connectivity index (χ3v) is 3.29. The van der Waals surface area contributed by atoms with Crippen LogP contribution in [-0.2, 0) is 9.47 Å². The Morgan fingerprint density at radius 1 is 0.810 bits per heavy atom. The first kappa shape index (κ1) is 20.8. The van der Waals surface area contributed by atoms with Gasteiger partial charge in [0, 0.05) is 26.3 Å². The van der Waals surface area contributed by atoms with Crippen molar-refractivity contribution in [2.45, 2.75) is 58.7 Å². The van der Waals surface area contributed by atoms with Gasteiger partial charge in [0.25, 0.3) is 0 Å². The molecule has 0 rings (SSSR count). The topological polar surface area (TPSA) is 62.2 Å². The summed E-state index contributed by atoms with van der Waals surface area (Å²) in [5.41, 5.74) is 0. The highest BCUT2D eigenvalue weighted by atomic mass is 16.5. The van der Waals surface area contributed by atoms with E-state index in [1.807, 2.05) is 11.8 Å². The van der Waals surface area contributed by atoms with Crippen LogP contribution in [0.25, 0.3) is 0 Å². The molecule has 2 unspecified atom stereocenters. The summed E-state index contributed by atoms with van der Waals surface area (Å²) in [6, 6.07) is 0. The second-order valence-electron chi connectivity index (χ2n) is 5.52. The van der Waals surface area contributed by atoms with E-state index in [4.69, 9.17) is 9.47 Å². The molecular weight excluding hydrogens is 270 g/mol. The summed E-state index contributed by atoms with van der Waals surface area (Å²) < 4.78 is 10.8. The van der Waals surface area contributed by atoms with Crippen molar-refractivity contribution >= 4 is 0 Å². The Hall–Kier alpha value is -0.200. The first-order valence-electron chi connectivity index (χ1n) is 8.37. The molecule has 0 bridgehead atoms. The molecule has 0 aromatic carbocycles. The maximum absolute atomic E-state index is 9.93. The summed E-state index contributed by atoms with van der Waals surface area (Å²) in [4.78, 5) is 2.03. The van der Waals surface area contributed by atoms with E-state index in [0.29, 0.717) is 39.5 Å². The molecule has 2 atom stereocenters. The lowest BCUT2D eigenvalue weighted by molar-refractivity contribution is -0.00945. The zero-order valence-electron chi connectivity index (χ0n) is 14.1. The molecule has 0 aliphatic carbocycles. The largest absolute Gasteiger partial charge is 0.389 e. The van der Waals surface area contributed by atoms with Gasteiger partial charge < -0.3 is 19.7 Å². The van der Waals surface area contributed by atoms with Gasteiger partial charge in [-0.25, -0.2) is 0 Å². The molecule has 0 saturated carbocycles. The van der Waals surface area contributed by atoms with Crippen molar-refractivity contribution in [3.8, 4) is 0 Å². The van der Waals surface area contributed by atoms with E-state index in [0.717, 1.165) is 32.2 Å². The first-order chi connectivity index (χ1) is 10.1. The van der Waals surface area contributed by atoms with Crippen LogP contribution in [0.15, 0.2) is 0 Å². The molecule has 5 heteroatoms. The molecule has 5 nitrogen and oxygen atoms in total. The summed E-state index contributed by atoms with van der Waals surface area (Å²) in [7, 11) is 0. The highest BCUT2D eigenvalue weighted by Gasteiger charge is 2.14. The summed E-state index contributed by atoms with van der Waals surface area (Å²) in [6.07, 6.45) is 3.24. The Bertz CT molecular complexity index is 196. The number of rotatable bonds is 15. The summed E-state index contributed by atoms with van der Waals surface area (Å²) in [5, 5.41) is 19.9. The van der Waals surface area contributed by atoms with Crippen molar-refractivity contribution in [2.24, 2.45) is 0 Å². The van der Waals surface area contributed by atoms with Crippen molar-refractivity contribution in [1.82, 2.24) is 4.90 Å².